The number of carbonyl (C=O) groups is 1. The predicted molar refractivity (Wildman–Crippen MR) is 113 cm³/mol. The van der Waals surface area contributed by atoms with E-state index < -0.39 is 22.5 Å². The van der Waals surface area contributed by atoms with Crippen LogP contribution in [0, 0.1) is 0 Å². The van der Waals surface area contributed by atoms with Crippen LogP contribution in [0.15, 0.2) is 52.0 Å². The molecule has 0 spiro atoms. The Labute approximate surface area is 176 Å². The molecule has 0 saturated carbocycles. The average Bonchev–Trinajstić information content (AvgIpc) is 2.59. The summed E-state index contributed by atoms with van der Waals surface area (Å²) in [6.07, 6.45) is 0.980. The lowest BCUT2D eigenvalue weighted by atomic mass is 10.1. The number of rotatable bonds is 6. The van der Waals surface area contributed by atoms with Gasteiger partial charge in [-0.25, -0.2) is 13.8 Å². The summed E-state index contributed by atoms with van der Waals surface area (Å²) in [7, 11) is -3.77. The number of sulfonamides is 1. The van der Waals surface area contributed by atoms with Gasteiger partial charge in [-0.05, 0) is 42.8 Å². The standard InChI is InChI=1S/C17H16BrCl2N3O3S/c1-11(12-4-3-5-13(18)8-12)21-22-17(24)10-23(27(2,25)26)16-9-14(19)6-7-15(16)20/h3-9H,10H2,1-2H3,(H,22,24)/b21-11-. The van der Waals surface area contributed by atoms with Gasteiger partial charge in [0.1, 0.15) is 6.54 Å². The number of nitrogens with one attached hydrogen (secondary N) is 1. The van der Waals surface area contributed by atoms with Gasteiger partial charge < -0.3 is 0 Å². The van der Waals surface area contributed by atoms with Gasteiger partial charge in [0.2, 0.25) is 10.0 Å². The first-order chi connectivity index (χ1) is 12.6. The number of carbonyl (C=O) groups excluding carboxylic acids is 1. The minimum Gasteiger partial charge on any atom is -0.271 e. The van der Waals surface area contributed by atoms with Gasteiger partial charge in [0.05, 0.1) is 22.7 Å². The number of hydrazone groups is 1. The first-order valence-electron chi connectivity index (χ1n) is 7.60. The van der Waals surface area contributed by atoms with Crippen LogP contribution in [-0.2, 0) is 14.8 Å². The molecule has 0 atom stereocenters. The molecule has 0 aliphatic heterocycles. The molecule has 2 aromatic rings. The van der Waals surface area contributed by atoms with Crippen molar-refractivity contribution in [1.29, 1.82) is 0 Å². The highest BCUT2D eigenvalue weighted by molar-refractivity contribution is 9.10. The summed E-state index contributed by atoms with van der Waals surface area (Å²) >= 11 is 15.4. The summed E-state index contributed by atoms with van der Waals surface area (Å²) < 4.78 is 26.0. The Bertz CT molecular complexity index is 997. The van der Waals surface area contributed by atoms with Gasteiger partial charge in [-0.2, -0.15) is 5.10 Å². The maximum atomic E-state index is 12.3. The first-order valence-corrected chi connectivity index (χ1v) is 11.0. The SMILES string of the molecule is C/C(=N/NC(=O)CN(c1cc(Cl)ccc1Cl)S(C)(=O)=O)c1cccc(Br)c1. The fourth-order valence-corrected chi connectivity index (χ4v) is 3.84. The fourth-order valence-electron chi connectivity index (χ4n) is 2.15. The van der Waals surface area contributed by atoms with E-state index in [4.69, 9.17) is 23.2 Å². The number of benzene rings is 2. The zero-order chi connectivity index (χ0) is 20.2. The fraction of sp³-hybridized carbons (Fsp3) is 0.176. The van der Waals surface area contributed by atoms with Gasteiger partial charge in [-0.1, -0.05) is 51.3 Å². The molecule has 27 heavy (non-hydrogen) atoms. The molecule has 6 nitrogen and oxygen atoms in total. The molecule has 10 heteroatoms. The smallest absolute Gasteiger partial charge is 0.260 e. The van der Waals surface area contributed by atoms with Crippen LogP contribution in [0.2, 0.25) is 10.0 Å². The van der Waals surface area contributed by atoms with Crippen LogP contribution >= 0.6 is 39.1 Å². The van der Waals surface area contributed by atoms with Gasteiger partial charge >= 0.3 is 0 Å². The van der Waals surface area contributed by atoms with E-state index in [0.717, 1.165) is 20.6 Å². The molecule has 0 radical (unpaired) electrons. The molecular formula is C17H16BrCl2N3O3S. The molecule has 0 aromatic heterocycles. The topological polar surface area (TPSA) is 78.8 Å². The largest absolute Gasteiger partial charge is 0.271 e. The zero-order valence-electron chi connectivity index (χ0n) is 14.4. The molecule has 1 amide bonds. The van der Waals surface area contributed by atoms with E-state index in [1.54, 1.807) is 6.92 Å². The Hall–Kier alpha value is -1.61. The minimum absolute atomic E-state index is 0.120. The first kappa shape index (κ1) is 21.7. The molecule has 0 heterocycles. The minimum atomic E-state index is -3.77. The second-order valence-corrected chi connectivity index (χ2v) is 9.27. The number of anilines is 1. The number of amides is 1. The Morgan fingerprint density at radius 3 is 2.56 bits per heavy atom. The predicted octanol–water partition coefficient (Wildman–Crippen LogP) is 4.06. The summed E-state index contributed by atoms with van der Waals surface area (Å²) in [5.41, 5.74) is 3.85. The molecule has 2 aromatic carbocycles. The van der Waals surface area contributed by atoms with Crippen molar-refractivity contribution in [3.05, 3.63) is 62.5 Å². The van der Waals surface area contributed by atoms with Crippen molar-refractivity contribution in [3.63, 3.8) is 0 Å². The van der Waals surface area contributed by atoms with E-state index in [1.807, 2.05) is 24.3 Å². The van der Waals surface area contributed by atoms with Crippen LogP contribution in [0.25, 0.3) is 0 Å². The summed E-state index contributed by atoms with van der Waals surface area (Å²) in [6.45, 7) is 1.23. The van der Waals surface area contributed by atoms with Gasteiger partial charge in [0.25, 0.3) is 5.91 Å². The maximum Gasteiger partial charge on any atom is 0.260 e. The Kier molecular flexibility index (Phi) is 7.27. The molecule has 1 N–H and O–H groups in total. The van der Waals surface area contributed by atoms with Crippen LogP contribution in [0.1, 0.15) is 12.5 Å². The quantitative estimate of drug-likeness (QED) is 0.487. The number of halogens is 3. The van der Waals surface area contributed by atoms with Gasteiger partial charge in [0.15, 0.2) is 0 Å². The third kappa shape index (κ3) is 6.21. The van der Waals surface area contributed by atoms with Crippen molar-refractivity contribution in [2.75, 3.05) is 17.1 Å². The van der Waals surface area contributed by atoms with Crippen LogP contribution in [0.3, 0.4) is 0 Å². The Balaban J connectivity index is 2.20. The van der Waals surface area contributed by atoms with Crippen molar-refractivity contribution in [2.45, 2.75) is 6.92 Å². The molecular weight excluding hydrogens is 477 g/mol. The highest BCUT2D eigenvalue weighted by Gasteiger charge is 2.23. The van der Waals surface area contributed by atoms with Crippen molar-refractivity contribution >= 4 is 66.5 Å². The normalized spacial score (nSPS) is 12.0. The van der Waals surface area contributed by atoms with Gasteiger partial charge in [-0.3, -0.25) is 9.10 Å². The van der Waals surface area contributed by atoms with Gasteiger partial charge in [0, 0.05) is 9.50 Å². The Morgan fingerprint density at radius 1 is 1.22 bits per heavy atom. The number of nitrogens with zero attached hydrogens (tertiary/aromatic N) is 2. The molecule has 144 valence electrons. The summed E-state index contributed by atoms with van der Waals surface area (Å²) in [5.74, 6) is -0.620. The summed E-state index contributed by atoms with van der Waals surface area (Å²) in [4.78, 5) is 12.3. The maximum absolute atomic E-state index is 12.3. The highest BCUT2D eigenvalue weighted by atomic mass is 79.9. The molecule has 0 saturated heterocycles. The number of hydrogen-bond acceptors (Lipinski definition) is 4. The van der Waals surface area contributed by atoms with Crippen molar-refractivity contribution in [1.82, 2.24) is 5.43 Å². The van der Waals surface area contributed by atoms with Crippen molar-refractivity contribution < 1.29 is 13.2 Å². The lowest BCUT2D eigenvalue weighted by molar-refractivity contribution is -0.119. The Morgan fingerprint density at radius 2 is 1.93 bits per heavy atom. The third-order valence-corrected chi connectivity index (χ3v) is 5.63. The monoisotopic (exact) mass is 491 g/mol. The zero-order valence-corrected chi connectivity index (χ0v) is 18.3. The van der Waals surface area contributed by atoms with Crippen molar-refractivity contribution in [2.24, 2.45) is 5.10 Å². The lowest BCUT2D eigenvalue weighted by Gasteiger charge is -2.22. The molecule has 2 rings (SSSR count). The molecule has 0 aliphatic rings. The van der Waals surface area contributed by atoms with E-state index in [1.165, 1.54) is 18.2 Å². The van der Waals surface area contributed by atoms with E-state index in [-0.39, 0.29) is 10.7 Å². The molecule has 0 bridgehead atoms. The van der Waals surface area contributed by atoms with Crippen LogP contribution in [0.4, 0.5) is 5.69 Å². The molecule has 0 fully saturated rings. The van der Waals surface area contributed by atoms with Crippen LogP contribution < -0.4 is 9.73 Å². The lowest BCUT2D eigenvalue weighted by Crippen LogP contribution is -2.39. The highest BCUT2D eigenvalue weighted by Crippen LogP contribution is 2.30. The van der Waals surface area contributed by atoms with Crippen LogP contribution in [-0.4, -0.2) is 32.8 Å². The second kappa shape index (κ2) is 9.05. The van der Waals surface area contributed by atoms with Gasteiger partial charge in [-0.15, -0.1) is 0 Å². The van der Waals surface area contributed by atoms with Crippen molar-refractivity contribution in [3.8, 4) is 0 Å². The van der Waals surface area contributed by atoms with E-state index >= 15 is 0 Å². The molecule has 0 unspecified atom stereocenters. The average molecular weight is 493 g/mol. The summed E-state index contributed by atoms with van der Waals surface area (Å²) in [5, 5.41) is 4.48. The molecule has 0 aliphatic carbocycles. The number of hydrogen-bond donors (Lipinski definition) is 1. The van der Waals surface area contributed by atoms with E-state index in [2.05, 4.69) is 26.5 Å². The third-order valence-electron chi connectivity index (χ3n) is 3.46. The summed E-state index contributed by atoms with van der Waals surface area (Å²) in [6, 6.07) is 11.8. The second-order valence-electron chi connectivity index (χ2n) is 5.61. The van der Waals surface area contributed by atoms with E-state index in [9.17, 15) is 13.2 Å². The van der Waals surface area contributed by atoms with E-state index in [0.29, 0.717) is 10.7 Å². The van der Waals surface area contributed by atoms with Crippen LogP contribution in [0.5, 0.6) is 0 Å².